The van der Waals surface area contributed by atoms with Gasteiger partial charge in [-0.25, -0.2) is 14.4 Å². The van der Waals surface area contributed by atoms with Crippen LogP contribution in [-0.4, -0.2) is 43.0 Å². The predicted octanol–water partition coefficient (Wildman–Crippen LogP) is 4.19. The van der Waals surface area contributed by atoms with Gasteiger partial charge in [-0.05, 0) is 45.0 Å². The van der Waals surface area contributed by atoms with Gasteiger partial charge in [-0.2, -0.15) is 5.10 Å². The van der Waals surface area contributed by atoms with Crippen molar-refractivity contribution < 1.29 is 9.13 Å². The first-order chi connectivity index (χ1) is 16.5. The molecule has 0 spiro atoms. The summed E-state index contributed by atoms with van der Waals surface area (Å²) in [7, 11) is 3.53. The standard InChI is InChI=1S/C25H26ClFN6O2/c1-14-29-23-18(24(34)32(14)5)9-21(30-22(23)17-7-6-16(26)8-19(17)27)33-12-20(35-25(2,3)13-33)15-10-28-31(4)11-15/h6-11,20H,12-13H2,1-5H3. The van der Waals surface area contributed by atoms with Crippen molar-refractivity contribution in [1.82, 2.24) is 24.3 Å². The van der Waals surface area contributed by atoms with E-state index in [-0.39, 0.29) is 22.2 Å². The molecule has 0 aliphatic carbocycles. The lowest BCUT2D eigenvalue weighted by atomic mass is 10.0. The van der Waals surface area contributed by atoms with Crippen molar-refractivity contribution in [3.63, 3.8) is 0 Å². The fourth-order valence-electron chi connectivity index (χ4n) is 4.54. The predicted molar refractivity (Wildman–Crippen MR) is 133 cm³/mol. The Morgan fingerprint density at radius 2 is 1.97 bits per heavy atom. The first-order valence-corrected chi connectivity index (χ1v) is 11.7. The van der Waals surface area contributed by atoms with Crippen molar-refractivity contribution in [1.29, 1.82) is 0 Å². The number of anilines is 1. The molecular formula is C25H26ClFN6O2. The number of rotatable bonds is 3. The van der Waals surface area contributed by atoms with Gasteiger partial charge in [0.2, 0.25) is 0 Å². The zero-order chi connectivity index (χ0) is 25.1. The Morgan fingerprint density at radius 3 is 2.66 bits per heavy atom. The van der Waals surface area contributed by atoms with Crippen LogP contribution in [0.5, 0.6) is 0 Å². The van der Waals surface area contributed by atoms with Gasteiger partial charge in [0.1, 0.15) is 34.8 Å². The molecule has 1 unspecified atom stereocenters. The van der Waals surface area contributed by atoms with E-state index in [9.17, 15) is 4.79 Å². The Hall–Kier alpha value is -3.30. The van der Waals surface area contributed by atoms with E-state index in [0.29, 0.717) is 41.3 Å². The van der Waals surface area contributed by atoms with E-state index >= 15 is 4.39 Å². The van der Waals surface area contributed by atoms with Gasteiger partial charge in [-0.3, -0.25) is 14.0 Å². The van der Waals surface area contributed by atoms with E-state index in [4.69, 9.17) is 21.3 Å². The van der Waals surface area contributed by atoms with Gasteiger partial charge in [0.25, 0.3) is 5.56 Å². The molecule has 0 N–H and O–H groups in total. The molecule has 1 atom stereocenters. The number of hydrogen-bond donors (Lipinski definition) is 0. The number of nitrogens with zero attached hydrogens (tertiary/aromatic N) is 6. The highest BCUT2D eigenvalue weighted by molar-refractivity contribution is 6.30. The van der Waals surface area contributed by atoms with Gasteiger partial charge in [0.15, 0.2) is 0 Å². The first-order valence-electron chi connectivity index (χ1n) is 11.3. The van der Waals surface area contributed by atoms with Crippen LogP contribution in [-0.2, 0) is 18.8 Å². The Labute approximate surface area is 206 Å². The molecule has 0 saturated carbocycles. The molecule has 1 aliphatic rings. The Kier molecular flexibility index (Phi) is 5.64. The number of morpholine rings is 1. The van der Waals surface area contributed by atoms with Crippen LogP contribution in [0.15, 0.2) is 41.5 Å². The van der Waals surface area contributed by atoms with Gasteiger partial charge < -0.3 is 9.64 Å². The molecule has 4 aromatic rings. The number of aromatic nitrogens is 5. The van der Waals surface area contributed by atoms with E-state index in [1.165, 1.54) is 10.6 Å². The lowest BCUT2D eigenvalue weighted by molar-refractivity contribution is -0.0857. The van der Waals surface area contributed by atoms with Crippen LogP contribution in [0.25, 0.3) is 22.2 Å². The van der Waals surface area contributed by atoms with Crippen molar-refractivity contribution in [3.05, 3.63) is 69.2 Å². The minimum absolute atomic E-state index is 0.219. The maximum Gasteiger partial charge on any atom is 0.261 e. The van der Waals surface area contributed by atoms with Gasteiger partial charge >= 0.3 is 0 Å². The average Bonchev–Trinajstić information content (AvgIpc) is 3.23. The molecular weight excluding hydrogens is 471 g/mol. The molecule has 1 aliphatic heterocycles. The van der Waals surface area contributed by atoms with Crippen molar-refractivity contribution in [2.45, 2.75) is 32.5 Å². The molecule has 5 rings (SSSR count). The first kappa shape index (κ1) is 23.4. The van der Waals surface area contributed by atoms with E-state index in [1.54, 1.807) is 43.0 Å². The van der Waals surface area contributed by atoms with Crippen molar-refractivity contribution in [3.8, 4) is 11.3 Å². The van der Waals surface area contributed by atoms with Crippen LogP contribution in [0.4, 0.5) is 10.2 Å². The highest BCUT2D eigenvalue weighted by Crippen LogP contribution is 2.36. The zero-order valence-corrected chi connectivity index (χ0v) is 21.0. The Morgan fingerprint density at radius 1 is 1.20 bits per heavy atom. The third-order valence-electron chi connectivity index (χ3n) is 6.30. The average molecular weight is 497 g/mol. The zero-order valence-electron chi connectivity index (χ0n) is 20.2. The second-order valence-corrected chi connectivity index (χ2v) is 10.0. The monoisotopic (exact) mass is 496 g/mol. The molecule has 0 amide bonds. The van der Waals surface area contributed by atoms with E-state index < -0.39 is 11.4 Å². The van der Waals surface area contributed by atoms with Crippen molar-refractivity contribution in [2.75, 3.05) is 18.0 Å². The number of pyridine rings is 1. The van der Waals surface area contributed by atoms with E-state index in [0.717, 1.165) is 5.56 Å². The highest BCUT2D eigenvalue weighted by atomic mass is 35.5. The number of fused-ring (bicyclic) bond motifs is 1. The van der Waals surface area contributed by atoms with Gasteiger partial charge in [-0.15, -0.1) is 0 Å². The van der Waals surface area contributed by atoms with E-state index in [1.807, 2.05) is 27.1 Å². The van der Waals surface area contributed by atoms with Crippen molar-refractivity contribution in [2.24, 2.45) is 14.1 Å². The fourth-order valence-corrected chi connectivity index (χ4v) is 4.69. The Balaban J connectivity index is 1.71. The Bertz CT molecular complexity index is 1510. The molecule has 0 radical (unpaired) electrons. The summed E-state index contributed by atoms with van der Waals surface area (Å²) in [5.74, 6) is 0.533. The second kappa shape index (κ2) is 8.42. The van der Waals surface area contributed by atoms with E-state index in [2.05, 4.69) is 15.0 Å². The van der Waals surface area contributed by atoms with Crippen molar-refractivity contribution >= 4 is 28.3 Å². The maximum atomic E-state index is 15.0. The number of halogens is 2. The van der Waals surface area contributed by atoms with Gasteiger partial charge in [-0.1, -0.05) is 11.6 Å². The second-order valence-electron chi connectivity index (χ2n) is 9.57. The molecule has 182 valence electrons. The summed E-state index contributed by atoms with van der Waals surface area (Å²) in [5.41, 5.74) is 1.11. The normalized spacial score (nSPS) is 17.8. The number of hydrogen-bond acceptors (Lipinski definition) is 6. The molecule has 4 heterocycles. The number of ether oxygens (including phenoxy) is 1. The number of aryl methyl sites for hydroxylation is 2. The molecule has 10 heteroatoms. The van der Waals surface area contributed by atoms with Crippen LogP contribution in [0, 0.1) is 12.7 Å². The smallest absolute Gasteiger partial charge is 0.261 e. The topological polar surface area (TPSA) is 78.1 Å². The third kappa shape index (κ3) is 4.30. The van der Waals surface area contributed by atoms with Crippen LogP contribution in [0.2, 0.25) is 5.02 Å². The van der Waals surface area contributed by atoms with Crippen LogP contribution >= 0.6 is 11.6 Å². The lowest BCUT2D eigenvalue weighted by Gasteiger charge is -2.43. The summed E-state index contributed by atoms with van der Waals surface area (Å²) < 4.78 is 24.6. The summed E-state index contributed by atoms with van der Waals surface area (Å²) in [6, 6.07) is 6.15. The fraction of sp³-hybridized carbons (Fsp3) is 0.360. The van der Waals surface area contributed by atoms with Crippen LogP contribution in [0.1, 0.15) is 31.3 Å². The molecule has 0 bridgehead atoms. The quantitative estimate of drug-likeness (QED) is 0.423. The largest absolute Gasteiger partial charge is 0.364 e. The molecule has 8 nitrogen and oxygen atoms in total. The third-order valence-corrected chi connectivity index (χ3v) is 6.53. The molecule has 1 aromatic carbocycles. The van der Waals surface area contributed by atoms with Crippen LogP contribution < -0.4 is 10.5 Å². The summed E-state index contributed by atoms with van der Waals surface area (Å²) in [5, 5.41) is 4.92. The highest BCUT2D eigenvalue weighted by Gasteiger charge is 2.36. The summed E-state index contributed by atoms with van der Waals surface area (Å²) in [4.78, 5) is 24.8. The molecule has 35 heavy (non-hydrogen) atoms. The lowest BCUT2D eigenvalue weighted by Crippen LogP contribution is -2.50. The van der Waals surface area contributed by atoms with Gasteiger partial charge in [0.05, 0.1) is 23.7 Å². The maximum absolute atomic E-state index is 15.0. The van der Waals surface area contributed by atoms with Gasteiger partial charge in [0, 0.05) is 43.0 Å². The summed E-state index contributed by atoms with van der Waals surface area (Å²) >= 11 is 6.00. The molecule has 3 aromatic heterocycles. The molecule has 1 fully saturated rings. The number of benzene rings is 1. The summed E-state index contributed by atoms with van der Waals surface area (Å²) in [6.07, 6.45) is 3.46. The minimum atomic E-state index is -0.529. The molecule has 1 saturated heterocycles. The summed E-state index contributed by atoms with van der Waals surface area (Å²) in [6.45, 7) is 6.78. The minimum Gasteiger partial charge on any atom is -0.364 e. The SMILES string of the molecule is Cc1nc2c(-c3ccc(Cl)cc3F)nc(N3CC(c4cnn(C)c4)OC(C)(C)C3)cc2c(=O)n1C. The van der Waals surface area contributed by atoms with Crippen LogP contribution in [0.3, 0.4) is 0 Å².